The Morgan fingerprint density at radius 1 is 1.07 bits per heavy atom. The average Bonchev–Trinajstić information content (AvgIpc) is 2.65. The molecular weight excluding hydrogens is 406 g/mol. The zero-order valence-corrected chi connectivity index (χ0v) is 18.4. The zero-order valence-electron chi connectivity index (χ0n) is 17.7. The summed E-state index contributed by atoms with van der Waals surface area (Å²) in [6.45, 7) is 9.92. The zero-order chi connectivity index (χ0) is 22.6. The van der Waals surface area contributed by atoms with Gasteiger partial charge in [-0.15, -0.1) is 0 Å². The molecule has 1 atom stereocenters. The fourth-order valence-corrected chi connectivity index (χ4v) is 3.01. The van der Waals surface area contributed by atoms with Crippen molar-refractivity contribution >= 4 is 34.8 Å². The summed E-state index contributed by atoms with van der Waals surface area (Å²) in [7, 11) is 0. The highest BCUT2D eigenvalue weighted by Crippen LogP contribution is 2.26. The molecule has 7 nitrogen and oxygen atoms in total. The highest BCUT2D eigenvalue weighted by atomic mass is 35.5. The van der Waals surface area contributed by atoms with Crippen molar-refractivity contribution in [2.45, 2.75) is 46.1 Å². The monoisotopic (exact) mass is 431 g/mol. The molecule has 2 N–H and O–H groups in total. The van der Waals surface area contributed by atoms with E-state index in [2.05, 4.69) is 31.4 Å². The van der Waals surface area contributed by atoms with Gasteiger partial charge in [-0.2, -0.15) is 0 Å². The topological polar surface area (TPSA) is 101 Å². The van der Waals surface area contributed by atoms with Crippen molar-refractivity contribution in [3.05, 3.63) is 68.7 Å². The molecule has 2 amide bonds. The molecule has 0 spiro atoms. The van der Waals surface area contributed by atoms with Crippen molar-refractivity contribution in [3.63, 3.8) is 0 Å². The van der Waals surface area contributed by atoms with Crippen LogP contribution in [0.4, 0.5) is 11.4 Å². The molecule has 0 aliphatic rings. The van der Waals surface area contributed by atoms with E-state index in [9.17, 15) is 19.7 Å². The summed E-state index contributed by atoms with van der Waals surface area (Å²) in [5.74, 6) is -1.16. The van der Waals surface area contributed by atoms with Gasteiger partial charge in [-0.05, 0) is 41.2 Å². The van der Waals surface area contributed by atoms with Gasteiger partial charge in [0.05, 0.1) is 4.92 Å². The third-order valence-electron chi connectivity index (χ3n) is 4.66. The second-order valence-corrected chi connectivity index (χ2v) is 8.84. The van der Waals surface area contributed by atoms with Gasteiger partial charge < -0.3 is 10.6 Å². The molecule has 0 aliphatic carbocycles. The molecule has 1 unspecified atom stereocenters. The summed E-state index contributed by atoms with van der Waals surface area (Å²) >= 11 is 5.79. The highest BCUT2D eigenvalue weighted by Gasteiger charge is 2.26. The normalized spacial score (nSPS) is 12.4. The first-order valence-corrected chi connectivity index (χ1v) is 9.94. The van der Waals surface area contributed by atoms with Crippen molar-refractivity contribution in [1.29, 1.82) is 0 Å². The summed E-state index contributed by atoms with van der Waals surface area (Å²) in [4.78, 5) is 35.8. The van der Waals surface area contributed by atoms with Crippen LogP contribution in [0, 0.1) is 16.0 Å². The van der Waals surface area contributed by atoms with E-state index >= 15 is 0 Å². The first kappa shape index (κ1) is 23.3. The molecule has 30 heavy (non-hydrogen) atoms. The van der Waals surface area contributed by atoms with E-state index in [1.54, 1.807) is 13.8 Å². The maximum absolute atomic E-state index is 12.8. The van der Waals surface area contributed by atoms with Crippen LogP contribution in [0.2, 0.25) is 5.02 Å². The lowest BCUT2D eigenvalue weighted by atomic mass is 9.87. The number of benzene rings is 2. The third-order valence-corrected chi connectivity index (χ3v) is 4.98. The Morgan fingerprint density at radius 2 is 1.67 bits per heavy atom. The van der Waals surface area contributed by atoms with E-state index in [-0.39, 0.29) is 33.5 Å². The summed E-state index contributed by atoms with van der Waals surface area (Å²) in [6.07, 6.45) is 0. The Hall–Kier alpha value is -2.93. The quantitative estimate of drug-likeness (QED) is 0.499. The van der Waals surface area contributed by atoms with Crippen LogP contribution in [0.25, 0.3) is 0 Å². The number of carbonyl (C=O) groups is 2. The van der Waals surface area contributed by atoms with Crippen molar-refractivity contribution in [3.8, 4) is 0 Å². The number of halogens is 1. The molecule has 8 heteroatoms. The van der Waals surface area contributed by atoms with Crippen LogP contribution in [-0.2, 0) is 10.2 Å². The van der Waals surface area contributed by atoms with E-state index in [4.69, 9.17) is 11.6 Å². The fourth-order valence-electron chi connectivity index (χ4n) is 2.83. The van der Waals surface area contributed by atoms with Crippen LogP contribution in [0.3, 0.4) is 0 Å². The molecular formula is C22H26ClN3O4. The number of rotatable bonds is 6. The molecule has 0 fully saturated rings. The number of nitro groups is 1. The lowest BCUT2D eigenvalue weighted by Gasteiger charge is -2.22. The number of nitrogens with one attached hydrogen (secondary N) is 2. The molecule has 0 saturated heterocycles. The van der Waals surface area contributed by atoms with Crippen molar-refractivity contribution in [2.75, 3.05) is 5.32 Å². The van der Waals surface area contributed by atoms with Gasteiger partial charge in [0, 0.05) is 17.3 Å². The second kappa shape index (κ2) is 9.26. The molecule has 0 heterocycles. The summed E-state index contributed by atoms with van der Waals surface area (Å²) in [6, 6.07) is 10.5. The van der Waals surface area contributed by atoms with Gasteiger partial charge in [0.15, 0.2) is 0 Å². The molecule has 2 aromatic rings. The molecule has 2 aromatic carbocycles. The number of nitrogens with zero attached hydrogens (tertiary/aromatic N) is 1. The SMILES string of the molecule is CC(C)C(NC(=O)c1ccc(Cl)c([N+](=O)[O-])c1)C(=O)Nc1ccc(C(C)(C)C)cc1. The molecule has 0 aromatic heterocycles. The van der Waals surface area contributed by atoms with E-state index < -0.39 is 16.9 Å². The van der Waals surface area contributed by atoms with E-state index in [0.717, 1.165) is 11.6 Å². The molecule has 0 radical (unpaired) electrons. The minimum absolute atomic E-state index is 0.00181. The molecule has 0 saturated carbocycles. The standard InChI is InChI=1S/C22H26ClN3O4/c1-13(2)19(21(28)24-16-9-7-15(8-10-16)22(3,4)5)25-20(27)14-6-11-17(23)18(12-14)26(29)30/h6-13,19H,1-5H3,(H,24,28)(H,25,27). The smallest absolute Gasteiger partial charge is 0.288 e. The largest absolute Gasteiger partial charge is 0.340 e. The Morgan fingerprint density at radius 3 is 2.17 bits per heavy atom. The predicted octanol–water partition coefficient (Wildman–Crippen LogP) is 4.94. The Labute approximate surface area is 181 Å². The summed E-state index contributed by atoms with van der Waals surface area (Å²) < 4.78 is 0. The van der Waals surface area contributed by atoms with Gasteiger partial charge in [-0.1, -0.05) is 58.4 Å². The fraction of sp³-hybridized carbons (Fsp3) is 0.364. The second-order valence-electron chi connectivity index (χ2n) is 8.44. The Kier molecular flexibility index (Phi) is 7.21. The third kappa shape index (κ3) is 5.79. The van der Waals surface area contributed by atoms with Gasteiger partial charge in [0.25, 0.3) is 11.6 Å². The van der Waals surface area contributed by atoms with Crippen LogP contribution in [0.15, 0.2) is 42.5 Å². The summed E-state index contributed by atoms with van der Waals surface area (Å²) in [5.41, 5.74) is 1.44. The number of hydrogen-bond donors (Lipinski definition) is 2. The van der Waals surface area contributed by atoms with Crippen molar-refractivity contribution in [2.24, 2.45) is 5.92 Å². The molecule has 0 bridgehead atoms. The van der Waals surface area contributed by atoms with Crippen molar-refractivity contribution in [1.82, 2.24) is 5.32 Å². The lowest BCUT2D eigenvalue weighted by Crippen LogP contribution is -2.47. The van der Waals surface area contributed by atoms with Gasteiger partial charge in [0.1, 0.15) is 11.1 Å². The average molecular weight is 432 g/mol. The Balaban J connectivity index is 2.15. The van der Waals surface area contributed by atoms with Gasteiger partial charge in [-0.3, -0.25) is 19.7 Å². The number of anilines is 1. The first-order valence-electron chi connectivity index (χ1n) is 9.56. The van der Waals surface area contributed by atoms with Gasteiger partial charge >= 0.3 is 0 Å². The van der Waals surface area contributed by atoms with E-state index in [1.165, 1.54) is 12.1 Å². The number of hydrogen-bond acceptors (Lipinski definition) is 4. The molecule has 160 valence electrons. The highest BCUT2D eigenvalue weighted by molar-refractivity contribution is 6.32. The van der Waals surface area contributed by atoms with Crippen LogP contribution < -0.4 is 10.6 Å². The van der Waals surface area contributed by atoms with Crippen LogP contribution in [0.1, 0.15) is 50.5 Å². The van der Waals surface area contributed by atoms with Gasteiger partial charge in [-0.25, -0.2) is 0 Å². The van der Waals surface area contributed by atoms with Crippen molar-refractivity contribution < 1.29 is 14.5 Å². The molecule has 2 rings (SSSR count). The number of amides is 2. The number of nitro benzene ring substituents is 1. The number of carbonyl (C=O) groups excluding carboxylic acids is 2. The van der Waals surface area contributed by atoms with Crippen LogP contribution in [0.5, 0.6) is 0 Å². The summed E-state index contributed by atoms with van der Waals surface area (Å²) in [5, 5.41) is 16.5. The minimum atomic E-state index is -0.825. The maximum atomic E-state index is 12.8. The van der Waals surface area contributed by atoms with Gasteiger partial charge in [0.2, 0.25) is 5.91 Å². The minimum Gasteiger partial charge on any atom is -0.340 e. The molecule has 0 aliphatic heterocycles. The van der Waals surface area contributed by atoms with Crippen LogP contribution in [-0.4, -0.2) is 22.8 Å². The lowest BCUT2D eigenvalue weighted by molar-refractivity contribution is -0.384. The van der Waals surface area contributed by atoms with Crippen LogP contribution >= 0.6 is 11.6 Å². The maximum Gasteiger partial charge on any atom is 0.288 e. The predicted molar refractivity (Wildman–Crippen MR) is 118 cm³/mol. The van der Waals surface area contributed by atoms with E-state index in [1.807, 2.05) is 24.3 Å². The van der Waals surface area contributed by atoms with E-state index in [0.29, 0.717) is 5.69 Å². The first-order chi connectivity index (χ1) is 13.9. The Bertz CT molecular complexity index is 950.